The number of nitrogens with zero attached hydrogens (tertiary/aromatic N) is 1. The minimum Gasteiger partial charge on any atom is -0.480 e. The maximum absolute atomic E-state index is 12.3. The summed E-state index contributed by atoms with van der Waals surface area (Å²) in [6.07, 6.45) is 1.29. The molecule has 4 rings (SSSR count). The van der Waals surface area contributed by atoms with E-state index in [1.807, 2.05) is 48.5 Å². The van der Waals surface area contributed by atoms with Crippen molar-refractivity contribution >= 4 is 18.0 Å². The van der Waals surface area contributed by atoms with Gasteiger partial charge in [-0.1, -0.05) is 48.5 Å². The highest BCUT2D eigenvalue weighted by Gasteiger charge is 2.30. The number of alkyl carbamates (subject to hydrolysis) is 1. The summed E-state index contributed by atoms with van der Waals surface area (Å²) in [6.45, 7) is 1.55. The zero-order valence-electron chi connectivity index (χ0n) is 17.3. The van der Waals surface area contributed by atoms with Gasteiger partial charge < -0.3 is 20.1 Å². The SMILES string of the molecule is O=C(NC(CCC(=O)N1CCCC1)C(=O)O)OCC1c2ccccc2-c2ccccc21. The Kier molecular flexibility index (Phi) is 6.21. The monoisotopic (exact) mass is 422 g/mol. The first-order valence-corrected chi connectivity index (χ1v) is 10.7. The first-order valence-electron chi connectivity index (χ1n) is 10.7. The van der Waals surface area contributed by atoms with Gasteiger partial charge in [0.05, 0.1) is 0 Å². The smallest absolute Gasteiger partial charge is 0.407 e. The van der Waals surface area contributed by atoms with Crippen LogP contribution in [0.1, 0.15) is 42.7 Å². The average Bonchev–Trinajstić information content (AvgIpc) is 3.42. The summed E-state index contributed by atoms with van der Waals surface area (Å²) in [4.78, 5) is 37.8. The van der Waals surface area contributed by atoms with Gasteiger partial charge in [0.1, 0.15) is 12.6 Å². The zero-order chi connectivity index (χ0) is 21.8. The van der Waals surface area contributed by atoms with Gasteiger partial charge in [-0.3, -0.25) is 4.79 Å². The largest absolute Gasteiger partial charge is 0.480 e. The Balaban J connectivity index is 1.34. The molecule has 1 fully saturated rings. The predicted molar refractivity (Wildman–Crippen MR) is 115 cm³/mol. The number of fused-ring (bicyclic) bond motifs is 3. The number of amides is 2. The van der Waals surface area contributed by atoms with E-state index in [9.17, 15) is 19.5 Å². The molecule has 1 atom stereocenters. The zero-order valence-corrected chi connectivity index (χ0v) is 17.3. The van der Waals surface area contributed by atoms with Gasteiger partial charge in [-0.2, -0.15) is 0 Å². The molecule has 2 aliphatic rings. The van der Waals surface area contributed by atoms with Gasteiger partial charge in [0.15, 0.2) is 0 Å². The van der Waals surface area contributed by atoms with Crippen LogP contribution in [0.3, 0.4) is 0 Å². The number of carboxylic acid groups (broad SMARTS) is 1. The topological polar surface area (TPSA) is 95.9 Å². The number of hydrogen-bond acceptors (Lipinski definition) is 4. The number of carbonyl (C=O) groups excluding carboxylic acids is 2. The summed E-state index contributed by atoms with van der Waals surface area (Å²) in [5.41, 5.74) is 4.41. The van der Waals surface area contributed by atoms with E-state index in [1.54, 1.807) is 4.90 Å². The molecule has 0 aromatic heterocycles. The normalized spacial score (nSPS) is 15.8. The van der Waals surface area contributed by atoms with E-state index in [0.717, 1.165) is 48.2 Å². The molecule has 1 aliphatic carbocycles. The molecule has 2 amide bonds. The summed E-state index contributed by atoms with van der Waals surface area (Å²) < 4.78 is 5.42. The lowest BCUT2D eigenvalue weighted by Gasteiger charge is -2.19. The summed E-state index contributed by atoms with van der Waals surface area (Å²) in [5, 5.41) is 11.8. The fourth-order valence-electron chi connectivity index (χ4n) is 4.43. The molecule has 0 saturated carbocycles. The number of carboxylic acids is 1. The van der Waals surface area contributed by atoms with Crippen LogP contribution in [-0.4, -0.2) is 53.7 Å². The molecule has 7 heteroatoms. The van der Waals surface area contributed by atoms with Crippen molar-refractivity contribution in [1.29, 1.82) is 0 Å². The first-order chi connectivity index (χ1) is 15.0. The second-order valence-electron chi connectivity index (χ2n) is 7.99. The second-order valence-corrected chi connectivity index (χ2v) is 7.99. The minimum atomic E-state index is -1.18. The van der Waals surface area contributed by atoms with Crippen LogP contribution in [0.5, 0.6) is 0 Å². The van der Waals surface area contributed by atoms with Crippen molar-refractivity contribution in [3.8, 4) is 11.1 Å². The van der Waals surface area contributed by atoms with Gasteiger partial charge in [-0.05, 0) is 41.5 Å². The minimum absolute atomic E-state index is 0.0366. The fourth-order valence-corrected chi connectivity index (χ4v) is 4.43. The molecular formula is C24H26N2O5. The van der Waals surface area contributed by atoms with Crippen LogP contribution in [0.2, 0.25) is 0 Å². The lowest BCUT2D eigenvalue weighted by Crippen LogP contribution is -2.42. The number of aliphatic carboxylic acids is 1. The molecule has 1 aliphatic heterocycles. The molecular weight excluding hydrogens is 396 g/mol. The van der Waals surface area contributed by atoms with Crippen molar-refractivity contribution in [3.63, 3.8) is 0 Å². The number of carbonyl (C=O) groups is 3. The molecule has 2 aromatic carbocycles. The van der Waals surface area contributed by atoms with Crippen LogP contribution >= 0.6 is 0 Å². The molecule has 1 heterocycles. The van der Waals surface area contributed by atoms with Crippen molar-refractivity contribution in [2.75, 3.05) is 19.7 Å². The molecule has 7 nitrogen and oxygen atoms in total. The first kappa shape index (κ1) is 20.9. The quantitative estimate of drug-likeness (QED) is 0.713. The maximum Gasteiger partial charge on any atom is 0.407 e. The van der Waals surface area contributed by atoms with E-state index in [2.05, 4.69) is 5.32 Å². The number of ether oxygens (including phenoxy) is 1. The third-order valence-corrected chi connectivity index (χ3v) is 6.04. The van der Waals surface area contributed by atoms with Crippen molar-refractivity contribution < 1.29 is 24.2 Å². The van der Waals surface area contributed by atoms with Gasteiger partial charge in [-0.25, -0.2) is 9.59 Å². The van der Waals surface area contributed by atoms with Gasteiger partial charge in [0.25, 0.3) is 0 Å². The van der Waals surface area contributed by atoms with Crippen LogP contribution in [0.25, 0.3) is 11.1 Å². The van der Waals surface area contributed by atoms with Crippen LogP contribution in [-0.2, 0) is 14.3 Å². The van der Waals surface area contributed by atoms with Crippen LogP contribution in [0.4, 0.5) is 4.79 Å². The third-order valence-electron chi connectivity index (χ3n) is 6.04. The molecule has 0 bridgehead atoms. The molecule has 2 N–H and O–H groups in total. The number of benzene rings is 2. The second kappa shape index (κ2) is 9.20. The van der Waals surface area contributed by atoms with Crippen LogP contribution in [0, 0.1) is 0 Å². The summed E-state index contributed by atoms with van der Waals surface area (Å²) in [5.74, 6) is -1.35. The highest BCUT2D eigenvalue weighted by atomic mass is 16.5. The van der Waals surface area contributed by atoms with Gasteiger partial charge >= 0.3 is 12.1 Å². The highest BCUT2D eigenvalue weighted by molar-refractivity contribution is 5.82. The molecule has 0 radical (unpaired) electrons. The van der Waals surface area contributed by atoms with Gasteiger partial charge in [-0.15, -0.1) is 0 Å². The summed E-state index contributed by atoms with van der Waals surface area (Å²) in [7, 11) is 0. The van der Waals surface area contributed by atoms with E-state index in [4.69, 9.17) is 4.74 Å². The lowest BCUT2D eigenvalue weighted by molar-refractivity contribution is -0.139. The molecule has 0 spiro atoms. The maximum atomic E-state index is 12.3. The Hall–Kier alpha value is -3.35. The van der Waals surface area contributed by atoms with E-state index in [0.29, 0.717) is 0 Å². The van der Waals surface area contributed by atoms with Gasteiger partial charge in [0, 0.05) is 25.4 Å². The third kappa shape index (κ3) is 4.55. The Morgan fingerprint density at radius 3 is 2.16 bits per heavy atom. The summed E-state index contributed by atoms with van der Waals surface area (Å²) >= 11 is 0. The fraction of sp³-hybridized carbons (Fsp3) is 0.375. The van der Waals surface area contributed by atoms with Crippen molar-refractivity contribution in [2.24, 2.45) is 0 Å². The number of likely N-dealkylation sites (tertiary alicyclic amines) is 1. The Labute approximate surface area is 181 Å². The van der Waals surface area contributed by atoms with Crippen LogP contribution < -0.4 is 5.32 Å². The van der Waals surface area contributed by atoms with Crippen molar-refractivity contribution in [3.05, 3.63) is 59.7 Å². The molecule has 162 valence electrons. The van der Waals surface area contributed by atoms with E-state index in [-0.39, 0.29) is 31.3 Å². The van der Waals surface area contributed by atoms with Crippen molar-refractivity contribution in [2.45, 2.75) is 37.6 Å². The molecule has 31 heavy (non-hydrogen) atoms. The molecule has 2 aromatic rings. The Bertz CT molecular complexity index is 938. The number of rotatable bonds is 7. The van der Waals surface area contributed by atoms with E-state index < -0.39 is 18.1 Å². The van der Waals surface area contributed by atoms with Gasteiger partial charge in [0.2, 0.25) is 5.91 Å². The van der Waals surface area contributed by atoms with Crippen LogP contribution in [0.15, 0.2) is 48.5 Å². The highest BCUT2D eigenvalue weighted by Crippen LogP contribution is 2.44. The lowest BCUT2D eigenvalue weighted by atomic mass is 9.98. The predicted octanol–water partition coefficient (Wildman–Crippen LogP) is 3.38. The average molecular weight is 422 g/mol. The Morgan fingerprint density at radius 1 is 1.00 bits per heavy atom. The van der Waals surface area contributed by atoms with Crippen molar-refractivity contribution in [1.82, 2.24) is 10.2 Å². The van der Waals surface area contributed by atoms with E-state index >= 15 is 0 Å². The standard InChI is InChI=1S/C24H26N2O5/c27-22(26-13-5-6-14-26)12-11-21(23(28)29)25-24(30)31-15-20-18-9-3-1-7-16(18)17-8-2-4-10-19(17)20/h1-4,7-10,20-21H,5-6,11-15H2,(H,25,30)(H,28,29). The molecule has 1 saturated heterocycles. The Morgan fingerprint density at radius 2 is 1.58 bits per heavy atom. The van der Waals surface area contributed by atoms with E-state index in [1.165, 1.54) is 0 Å². The number of hydrogen-bond donors (Lipinski definition) is 2. The molecule has 1 unspecified atom stereocenters. The number of nitrogens with one attached hydrogen (secondary N) is 1. The summed E-state index contributed by atoms with van der Waals surface area (Å²) in [6, 6.07) is 14.8.